The summed E-state index contributed by atoms with van der Waals surface area (Å²) in [6.45, 7) is 0. The fraction of sp³-hybridized carbons (Fsp3) is 0.148. The molecule has 36 heavy (non-hydrogen) atoms. The fourth-order valence-corrected chi connectivity index (χ4v) is 4.36. The van der Waals surface area contributed by atoms with Gasteiger partial charge in [0.25, 0.3) is 11.1 Å². The minimum absolute atomic E-state index is 0.266. The van der Waals surface area contributed by atoms with Crippen molar-refractivity contribution >= 4 is 35.0 Å². The maximum Gasteiger partial charge on any atom is 0.311 e. The van der Waals surface area contributed by atoms with Gasteiger partial charge in [-0.2, -0.15) is 0 Å². The number of thioether (sulfide) groups is 1. The van der Waals surface area contributed by atoms with Gasteiger partial charge in [0, 0.05) is 6.07 Å². The first kappa shape index (κ1) is 24.9. The molecule has 2 N–H and O–H groups in total. The molecule has 2 amide bonds. The summed E-state index contributed by atoms with van der Waals surface area (Å²) in [4.78, 5) is 35.3. The first-order chi connectivity index (χ1) is 17.3. The predicted molar refractivity (Wildman–Crippen MR) is 136 cm³/mol. The molecule has 1 heterocycles. The van der Waals surface area contributed by atoms with E-state index in [0.717, 1.165) is 22.9 Å². The molecule has 1 fully saturated rings. The van der Waals surface area contributed by atoms with E-state index in [0.29, 0.717) is 33.5 Å². The van der Waals surface area contributed by atoms with Crippen LogP contribution in [0.4, 0.5) is 4.79 Å². The van der Waals surface area contributed by atoms with Gasteiger partial charge >= 0.3 is 5.97 Å². The molecule has 1 atom stereocenters. The van der Waals surface area contributed by atoms with E-state index < -0.39 is 17.8 Å². The van der Waals surface area contributed by atoms with Gasteiger partial charge in [0.15, 0.2) is 0 Å². The summed E-state index contributed by atoms with van der Waals surface area (Å²) in [5.74, 6) is 0.204. The lowest BCUT2D eigenvalue weighted by Gasteiger charge is -2.15. The van der Waals surface area contributed by atoms with Gasteiger partial charge in [-0.3, -0.25) is 19.7 Å². The van der Waals surface area contributed by atoms with Crippen molar-refractivity contribution in [1.82, 2.24) is 5.32 Å². The van der Waals surface area contributed by atoms with E-state index in [4.69, 9.17) is 14.2 Å². The molecular weight excluding hydrogens is 482 g/mol. The Morgan fingerprint density at radius 3 is 2.00 bits per heavy atom. The maximum absolute atomic E-state index is 12.0. The predicted octanol–water partition coefficient (Wildman–Crippen LogP) is 5.23. The minimum atomic E-state index is -0.939. The van der Waals surface area contributed by atoms with Crippen molar-refractivity contribution in [3.8, 4) is 23.0 Å². The van der Waals surface area contributed by atoms with Crippen LogP contribution >= 0.6 is 11.8 Å². The van der Waals surface area contributed by atoms with Crippen molar-refractivity contribution < 1.29 is 33.7 Å². The second kappa shape index (κ2) is 11.0. The number of methoxy groups -OCH3 is 2. The number of rotatable bonds is 9. The summed E-state index contributed by atoms with van der Waals surface area (Å²) < 4.78 is 16.5. The molecule has 1 aliphatic heterocycles. The van der Waals surface area contributed by atoms with Gasteiger partial charge in [0.1, 0.15) is 23.0 Å². The minimum Gasteiger partial charge on any atom is -0.497 e. The highest BCUT2D eigenvalue weighted by molar-refractivity contribution is 8.18. The van der Waals surface area contributed by atoms with Gasteiger partial charge in [-0.15, -0.1) is 0 Å². The third-order valence-electron chi connectivity index (χ3n) is 5.49. The summed E-state index contributed by atoms with van der Waals surface area (Å²) in [7, 11) is 3.10. The van der Waals surface area contributed by atoms with Crippen LogP contribution in [0.25, 0.3) is 6.08 Å². The zero-order chi connectivity index (χ0) is 25.7. The molecule has 3 aromatic rings. The van der Waals surface area contributed by atoms with Crippen LogP contribution in [0.1, 0.15) is 22.6 Å². The quantitative estimate of drug-likeness (QED) is 0.380. The van der Waals surface area contributed by atoms with Gasteiger partial charge < -0.3 is 19.3 Å². The molecule has 4 rings (SSSR count). The number of benzene rings is 3. The van der Waals surface area contributed by atoms with Crippen LogP contribution in [0.3, 0.4) is 0 Å². The molecule has 3 aromatic carbocycles. The van der Waals surface area contributed by atoms with Crippen LogP contribution in [0, 0.1) is 0 Å². The van der Waals surface area contributed by atoms with Crippen molar-refractivity contribution in [2.75, 3.05) is 14.2 Å². The van der Waals surface area contributed by atoms with E-state index in [2.05, 4.69) is 5.32 Å². The lowest BCUT2D eigenvalue weighted by Crippen LogP contribution is -2.17. The number of hydrogen-bond acceptors (Lipinski definition) is 7. The van der Waals surface area contributed by atoms with E-state index in [-0.39, 0.29) is 11.7 Å². The Kier molecular flexibility index (Phi) is 7.60. The Balaban J connectivity index is 1.45. The van der Waals surface area contributed by atoms with Gasteiger partial charge in [-0.1, -0.05) is 24.3 Å². The summed E-state index contributed by atoms with van der Waals surface area (Å²) in [5, 5.41) is 11.7. The maximum atomic E-state index is 12.0. The first-order valence-electron chi connectivity index (χ1n) is 10.9. The number of aliphatic carboxylic acids is 1. The zero-order valence-electron chi connectivity index (χ0n) is 19.5. The Labute approximate surface area is 211 Å². The highest BCUT2D eigenvalue weighted by atomic mass is 32.2. The Hall–Kier alpha value is -4.24. The van der Waals surface area contributed by atoms with Crippen molar-refractivity contribution in [2.24, 2.45) is 0 Å². The van der Waals surface area contributed by atoms with Crippen molar-refractivity contribution in [3.05, 3.63) is 88.3 Å². The molecule has 0 saturated carbocycles. The normalized spacial score (nSPS) is 14.9. The molecule has 0 spiro atoms. The average molecular weight is 506 g/mol. The summed E-state index contributed by atoms with van der Waals surface area (Å²) >= 11 is 0.861. The number of nitrogens with one attached hydrogen (secondary N) is 1. The SMILES string of the molecule is COc1cc(CC(C(=O)O)c2ccc(Oc3ccc(C=C4SC(=O)NC4=O)cc3)cc2)cc(OC)c1. The molecule has 0 radical (unpaired) electrons. The molecule has 9 heteroatoms. The summed E-state index contributed by atoms with van der Waals surface area (Å²) in [6, 6.07) is 19.3. The molecule has 1 aliphatic rings. The van der Waals surface area contributed by atoms with Crippen molar-refractivity contribution in [2.45, 2.75) is 12.3 Å². The molecule has 184 valence electrons. The number of amides is 2. The standard InChI is InChI=1S/C27H23NO7S/c1-33-21-11-17(12-22(15-21)34-2)13-23(26(30)31)18-5-9-20(10-6-18)35-19-7-3-16(4-8-19)14-24-25(29)28-27(32)36-24/h3-12,14-15,23H,13H2,1-2H3,(H,30,31)(H,28,29,32). The largest absolute Gasteiger partial charge is 0.497 e. The summed E-state index contributed by atoms with van der Waals surface area (Å²) in [5.41, 5.74) is 2.18. The van der Waals surface area contributed by atoms with Gasteiger partial charge in [-0.05, 0) is 77.3 Å². The number of carboxylic acid groups (broad SMARTS) is 1. The Bertz CT molecular complexity index is 1290. The zero-order valence-corrected chi connectivity index (χ0v) is 20.3. The first-order valence-corrected chi connectivity index (χ1v) is 11.7. The second-order valence-corrected chi connectivity index (χ2v) is 8.92. The van der Waals surface area contributed by atoms with Crippen LogP contribution < -0.4 is 19.5 Å². The molecule has 1 unspecified atom stereocenters. The molecule has 0 bridgehead atoms. The van der Waals surface area contributed by atoms with Crippen LogP contribution in [0.2, 0.25) is 0 Å². The van der Waals surface area contributed by atoms with Crippen molar-refractivity contribution in [1.29, 1.82) is 0 Å². The third kappa shape index (κ3) is 6.05. The number of carbonyl (C=O) groups excluding carboxylic acids is 2. The second-order valence-electron chi connectivity index (χ2n) is 7.91. The van der Waals surface area contributed by atoms with Gasteiger partial charge in [0.2, 0.25) is 0 Å². The van der Waals surface area contributed by atoms with E-state index in [1.807, 2.05) is 0 Å². The lowest BCUT2D eigenvalue weighted by atomic mass is 9.92. The average Bonchev–Trinajstić information content (AvgIpc) is 3.20. The van der Waals surface area contributed by atoms with Crippen LogP contribution in [0.5, 0.6) is 23.0 Å². The molecule has 1 saturated heterocycles. The highest BCUT2D eigenvalue weighted by Crippen LogP contribution is 2.30. The third-order valence-corrected chi connectivity index (χ3v) is 6.30. The van der Waals surface area contributed by atoms with Crippen LogP contribution in [-0.4, -0.2) is 36.4 Å². The molecule has 0 aromatic heterocycles. The highest BCUT2D eigenvalue weighted by Gasteiger charge is 2.25. The topological polar surface area (TPSA) is 111 Å². The van der Waals surface area contributed by atoms with E-state index in [9.17, 15) is 19.5 Å². The van der Waals surface area contributed by atoms with Crippen LogP contribution in [-0.2, 0) is 16.0 Å². The fourth-order valence-electron chi connectivity index (χ4n) is 3.68. The number of hydrogen-bond donors (Lipinski definition) is 2. The molecular formula is C27H23NO7S. The molecule has 0 aliphatic carbocycles. The van der Waals surface area contributed by atoms with E-state index >= 15 is 0 Å². The van der Waals surface area contributed by atoms with E-state index in [1.54, 1.807) is 87.0 Å². The lowest BCUT2D eigenvalue weighted by molar-refractivity contribution is -0.138. The Morgan fingerprint density at radius 1 is 0.917 bits per heavy atom. The molecule has 8 nitrogen and oxygen atoms in total. The van der Waals surface area contributed by atoms with Crippen molar-refractivity contribution in [3.63, 3.8) is 0 Å². The van der Waals surface area contributed by atoms with Crippen LogP contribution in [0.15, 0.2) is 71.6 Å². The van der Waals surface area contributed by atoms with E-state index in [1.165, 1.54) is 0 Å². The number of carboxylic acids is 1. The van der Waals surface area contributed by atoms with Gasteiger partial charge in [-0.25, -0.2) is 0 Å². The monoisotopic (exact) mass is 505 g/mol. The number of carbonyl (C=O) groups is 3. The summed E-state index contributed by atoms with van der Waals surface area (Å²) in [6.07, 6.45) is 1.90. The number of imide groups is 1. The van der Waals surface area contributed by atoms with Gasteiger partial charge in [0.05, 0.1) is 25.0 Å². The number of ether oxygens (including phenoxy) is 3. The smallest absolute Gasteiger partial charge is 0.311 e. The Morgan fingerprint density at radius 2 is 1.50 bits per heavy atom.